The van der Waals surface area contributed by atoms with Crippen molar-refractivity contribution in [2.24, 2.45) is 5.73 Å². The molecule has 2 aliphatic rings. The highest BCUT2D eigenvalue weighted by atomic mass is 16.5. The molecule has 4 atom stereocenters. The molecule has 1 aliphatic heterocycles. The second-order valence-corrected chi connectivity index (χ2v) is 7.59. The topological polar surface area (TPSA) is 143 Å². The number of nitrogens with two attached hydrogens (primary N) is 1. The first kappa shape index (κ1) is 20.3. The fraction of sp³-hybridized carbons (Fsp3) is 0.500. The molecule has 0 amide bonds. The molecule has 10 nitrogen and oxygen atoms in total. The van der Waals surface area contributed by atoms with Gasteiger partial charge in [0.2, 0.25) is 0 Å². The summed E-state index contributed by atoms with van der Waals surface area (Å²) in [6, 6.07) is 2.08. The number of hydrazine groups is 1. The van der Waals surface area contributed by atoms with Gasteiger partial charge >= 0.3 is 0 Å². The minimum Gasteiger partial charge on any atom is -0.495 e. The van der Waals surface area contributed by atoms with Crippen LogP contribution in [0.4, 0.5) is 5.82 Å². The van der Waals surface area contributed by atoms with E-state index in [0.717, 1.165) is 31.2 Å². The molecule has 158 valence electrons. The molecule has 0 spiro atoms. The van der Waals surface area contributed by atoms with E-state index in [9.17, 15) is 0 Å². The van der Waals surface area contributed by atoms with Crippen LogP contribution in [0.5, 0.6) is 11.5 Å². The van der Waals surface area contributed by atoms with Gasteiger partial charge in [-0.25, -0.2) is 20.8 Å². The smallest absolute Gasteiger partial charge is 0.158 e. The summed E-state index contributed by atoms with van der Waals surface area (Å²) in [5, 5.41) is 12.1. The predicted octanol–water partition coefficient (Wildman–Crippen LogP) is 1.38. The van der Waals surface area contributed by atoms with Crippen LogP contribution < -0.4 is 31.4 Å². The standard InChI is InChI=1S/C20H26N8O2/c1-29-16-9-23-10-17(30-14-4-2-3-12(22)5-14)20(16)15-6-18(28-27-15)26-19-11-24-13(7-21)8-25-19/h8-12,14-15,18,27-28H,2-6,22H2,1H3,(H,25,26)/t12-,14+,15?,18?/m0/s1. The number of nitrogens with one attached hydrogen (secondary N) is 3. The monoisotopic (exact) mass is 410 g/mol. The number of anilines is 1. The van der Waals surface area contributed by atoms with Crippen molar-refractivity contribution in [3.8, 4) is 17.6 Å². The zero-order valence-corrected chi connectivity index (χ0v) is 16.8. The number of nitriles is 1. The first-order valence-corrected chi connectivity index (χ1v) is 10.1. The molecule has 2 aromatic heterocycles. The normalized spacial score (nSPS) is 26.0. The highest BCUT2D eigenvalue weighted by Gasteiger charge is 2.31. The fourth-order valence-corrected chi connectivity index (χ4v) is 3.98. The molecule has 1 saturated carbocycles. The van der Waals surface area contributed by atoms with E-state index < -0.39 is 0 Å². The van der Waals surface area contributed by atoms with Gasteiger partial charge in [-0.15, -0.1) is 0 Å². The van der Waals surface area contributed by atoms with E-state index >= 15 is 0 Å². The van der Waals surface area contributed by atoms with Crippen LogP contribution in [0.25, 0.3) is 0 Å². The highest BCUT2D eigenvalue weighted by Crippen LogP contribution is 2.38. The summed E-state index contributed by atoms with van der Waals surface area (Å²) in [4.78, 5) is 12.5. The molecule has 30 heavy (non-hydrogen) atoms. The van der Waals surface area contributed by atoms with Gasteiger partial charge in [-0.05, 0) is 25.7 Å². The molecule has 3 heterocycles. The quantitative estimate of drug-likeness (QED) is 0.551. The van der Waals surface area contributed by atoms with Crippen LogP contribution in [-0.4, -0.2) is 40.4 Å². The molecule has 2 fully saturated rings. The Kier molecular flexibility index (Phi) is 6.23. The fourth-order valence-electron chi connectivity index (χ4n) is 3.98. The van der Waals surface area contributed by atoms with Crippen molar-refractivity contribution < 1.29 is 9.47 Å². The third-order valence-electron chi connectivity index (χ3n) is 5.43. The number of methoxy groups -OCH3 is 1. The van der Waals surface area contributed by atoms with E-state index in [-0.39, 0.29) is 30.0 Å². The van der Waals surface area contributed by atoms with Gasteiger partial charge in [0.15, 0.2) is 5.69 Å². The minimum absolute atomic E-state index is 0.0564. The summed E-state index contributed by atoms with van der Waals surface area (Å²) in [5.41, 5.74) is 13.9. The zero-order valence-electron chi connectivity index (χ0n) is 16.8. The van der Waals surface area contributed by atoms with Gasteiger partial charge in [-0.3, -0.25) is 4.98 Å². The largest absolute Gasteiger partial charge is 0.495 e. The summed E-state index contributed by atoms with van der Waals surface area (Å²) in [6.45, 7) is 0. The van der Waals surface area contributed by atoms with E-state index in [4.69, 9.17) is 20.5 Å². The number of rotatable bonds is 6. The lowest BCUT2D eigenvalue weighted by Crippen LogP contribution is -2.36. The van der Waals surface area contributed by atoms with Crippen molar-refractivity contribution in [3.63, 3.8) is 0 Å². The number of aromatic nitrogens is 3. The Morgan fingerprint density at radius 3 is 2.73 bits per heavy atom. The Morgan fingerprint density at radius 1 is 1.13 bits per heavy atom. The van der Waals surface area contributed by atoms with Gasteiger partial charge in [0.1, 0.15) is 29.5 Å². The number of hydrogen-bond donors (Lipinski definition) is 4. The van der Waals surface area contributed by atoms with Crippen LogP contribution in [0, 0.1) is 11.3 Å². The van der Waals surface area contributed by atoms with Crippen LogP contribution in [0.15, 0.2) is 24.8 Å². The van der Waals surface area contributed by atoms with Crippen LogP contribution in [0.1, 0.15) is 49.4 Å². The maximum Gasteiger partial charge on any atom is 0.158 e. The lowest BCUT2D eigenvalue weighted by Gasteiger charge is -2.29. The molecular formula is C20H26N8O2. The molecule has 0 radical (unpaired) electrons. The summed E-state index contributed by atoms with van der Waals surface area (Å²) in [7, 11) is 1.63. The lowest BCUT2D eigenvalue weighted by molar-refractivity contribution is 0.141. The van der Waals surface area contributed by atoms with E-state index in [1.807, 2.05) is 6.07 Å². The van der Waals surface area contributed by atoms with Crippen molar-refractivity contribution in [1.82, 2.24) is 25.8 Å². The molecule has 0 aromatic carbocycles. The van der Waals surface area contributed by atoms with E-state index in [1.165, 1.54) is 6.20 Å². The number of pyridine rings is 1. The third kappa shape index (κ3) is 4.59. The summed E-state index contributed by atoms with van der Waals surface area (Å²) >= 11 is 0. The SMILES string of the molecule is COc1cncc(O[C@@H]2CCC[C@H](N)C2)c1C1CC(Nc2cnc(C#N)cn2)NN1. The Bertz CT molecular complexity index is 901. The highest BCUT2D eigenvalue weighted by molar-refractivity contribution is 5.45. The van der Waals surface area contributed by atoms with Gasteiger partial charge in [0.25, 0.3) is 0 Å². The lowest BCUT2D eigenvalue weighted by atomic mass is 9.93. The molecule has 5 N–H and O–H groups in total. The third-order valence-corrected chi connectivity index (χ3v) is 5.43. The van der Waals surface area contributed by atoms with Crippen LogP contribution >= 0.6 is 0 Å². The van der Waals surface area contributed by atoms with Crippen molar-refractivity contribution >= 4 is 5.82 Å². The van der Waals surface area contributed by atoms with Crippen molar-refractivity contribution in [1.29, 1.82) is 5.26 Å². The maximum absolute atomic E-state index is 8.85. The molecule has 10 heteroatoms. The molecular weight excluding hydrogens is 384 g/mol. The Hall–Kier alpha value is -3.00. The van der Waals surface area contributed by atoms with Crippen LogP contribution in [-0.2, 0) is 0 Å². The minimum atomic E-state index is -0.0916. The van der Waals surface area contributed by atoms with Gasteiger partial charge in [-0.2, -0.15) is 5.26 Å². The van der Waals surface area contributed by atoms with E-state index in [1.54, 1.807) is 25.7 Å². The molecule has 2 aromatic rings. The second kappa shape index (κ2) is 9.21. The first-order valence-electron chi connectivity index (χ1n) is 10.1. The van der Waals surface area contributed by atoms with Crippen molar-refractivity contribution in [3.05, 3.63) is 36.0 Å². The number of hydrogen-bond acceptors (Lipinski definition) is 10. The van der Waals surface area contributed by atoms with Crippen molar-refractivity contribution in [2.45, 2.75) is 56.5 Å². The van der Waals surface area contributed by atoms with Crippen molar-refractivity contribution in [2.75, 3.05) is 12.4 Å². The van der Waals surface area contributed by atoms with Crippen LogP contribution in [0.3, 0.4) is 0 Å². The van der Waals surface area contributed by atoms with E-state index in [0.29, 0.717) is 23.7 Å². The first-order chi connectivity index (χ1) is 14.7. The van der Waals surface area contributed by atoms with Gasteiger partial charge in [0.05, 0.1) is 49.7 Å². The average Bonchev–Trinajstić information content (AvgIpc) is 3.22. The summed E-state index contributed by atoms with van der Waals surface area (Å²) in [6.07, 6.45) is 11.1. The maximum atomic E-state index is 8.85. The second-order valence-electron chi connectivity index (χ2n) is 7.59. The molecule has 0 bridgehead atoms. The Morgan fingerprint density at radius 2 is 2.00 bits per heavy atom. The molecule has 1 saturated heterocycles. The van der Waals surface area contributed by atoms with Gasteiger partial charge in [0, 0.05) is 12.5 Å². The van der Waals surface area contributed by atoms with Crippen LogP contribution in [0.2, 0.25) is 0 Å². The summed E-state index contributed by atoms with van der Waals surface area (Å²) < 4.78 is 11.9. The average molecular weight is 410 g/mol. The predicted molar refractivity (Wildman–Crippen MR) is 109 cm³/mol. The molecule has 2 unspecified atom stereocenters. The Labute approximate surface area is 175 Å². The number of ether oxygens (including phenoxy) is 2. The Balaban J connectivity index is 1.48. The molecule has 1 aliphatic carbocycles. The zero-order chi connectivity index (χ0) is 20.9. The van der Waals surface area contributed by atoms with Gasteiger partial charge in [-0.1, -0.05) is 0 Å². The number of nitrogens with zero attached hydrogens (tertiary/aromatic N) is 4. The summed E-state index contributed by atoms with van der Waals surface area (Å²) in [5.74, 6) is 1.97. The molecule has 4 rings (SSSR count). The van der Waals surface area contributed by atoms with E-state index in [2.05, 4.69) is 31.1 Å². The van der Waals surface area contributed by atoms with Gasteiger partial charge < -0.3 is 20.5 Å².